The molecule has 17 heavy (non-hydrogen) atoms. The van der Waals surface area contributed by atoms with Crippen LogP contribution in [-0.4, -0.2) is 36.7 Å². The van der Waals surface area contributed by atoms with E-state index < -0.39 is 11.2 Å². The van der Waals surface area contributed by atoms with Crippen LogP contribution in [0.3, 0.4) is 0 Å². The predicted octanol–water partition coefficient (Wildman–Crippen LogP) is 1.07. The van der Waals surface area contributed by atoms with Gasteiger partial charge in [0, 0.05) is 19.9 Å². The van der Waals surface area contributed by atoms with Gasteiger partial charge in [0.05, 0.1) is 11.2 Å². The Bertz CT molecular complexity index is 425. The van der Waals surface area contributed by atoms with Crippen molar-refractivity contribution >= 4 is 0 Å². The lowest BCUT2D eigenvalue weighted by Gasteiger charge is -2.34. The predicted molar refractivity (Wildman–Crippen MR) is 63.5 cm³/mol. The van der Waals surface area contributed by atoms with Gasteiger partial charge in [-0.15, -0.1) is 0 Å². The zero-order chi connectivity index (χ0) is 12.9. The molecule has 1 aliphatic rings. The van der Waals surface area contributed by atoms with Gasteiger partial charge >= 0.3 is 0 Å². The molecule has 1 aliphatic heterocycles. The summed E-state index contributed by atoms with van der Waals surface area (Å²) in [6, 6.07) is 0. The van der Waals surface area contributed by atoms with Gasteiger partial charge in [0.2, 0.25) is 0 Å². The van der Waals surface area contributed by atoms with E-state index in [9.17, 15) is 5.11 Å². The highest BCUT2D eigenvalue weighted by Crippen LogP contribution is 2.46. The molecule has 1 unspecified atom stereocenters. The van der Waals surface area contributed by atoms with E-state index in [-0.39, 0.29) is 5.60 Å². The molecule has 0 aliphatic carbocycles. The molecule has 1 N–H and O–H groups in total. The summed E-state index contributed by atoms with van der Waals surface area (Å²) in [4.78, 5) is 4.17. The number of hydrogen-bond acceptors (Lipinski definition) is 4. The van der Waals surface area contributed by atoms with Gasteiger partial charge in [-0.3, -0.25) is 4.68 Å². The van der Waals surface area contributed by atoms with Crippen LogP contribution >= 0.6 is 0 Å². The zero-order valence-corrected chi connectivity index (χ0v) is 11.2. The van der Waals surface area contributed by atoms with E-state index in [1.807, 2.05) is 34.7 Å². The van der Waals surface area contributed by atoms with Crippen LogP contribution in [0.4, 0.5) is 0 Å². The first-order chi connectivity index (χ1) is 7.65. The minimum atomic E-state index is -0.905. The summed E-state index contributed by atoms with van der Waals surface area (Å²) >= 11 is 0. The molecule has 1 saturated heterocycles. The van der Waals surface area contributed by atoms with Crippen molar-refractivity contribution in [3.8, 4) is 0 Å². The quantitative estimate of drug-likeness (QED) is 0.838. The molecule has 0 saturated carbocycles. The fourth-order valence-corrected chi connectivity index (χ4v) is 2.76. The van der Waals surface area contributed by atoms with Gasteiger partial charge in [-0.1, -0.05) is 0 Å². The number of aryl methyl sites for hydroxylation is 1. The Balaban J connectivity index is 2.28. The molecule has 1 aromatic rings. The second-order valence-electron chi connectivity index (χ2n) is 6.06. The Kier molecular flexibility index (Phi) is 2.60. The van der Waals surface area contributed by atoms with Crippen LogP contribution in [0.2, 0.25) is 0 Å². The Morgan fingerprint density at radius 3 is 2.47 bits per heavy atom. The highest BCUT2D eigenvalue weighted by Gasteiger charge is 2.56. The SMILES string of the molecule is Cn1ncnc1CC1(O)CC(C)(C)OC1(C)C. The van der Waals surface area contributed by atoms with Gasteiger partial charge in [0.25, 0.3) is 0 Å². The van der Waals surface area contributed by atoms with Crippen LogP contribution in [0.5, 0.6) is 0 Å². The standard InChI is InChI=1S/C12H21N3O2/c1-10(2)7-12(16,11(3,4)17-10)6-9-13-8-14-15(9)5/h8,16H,6-7H2,1-5H3. The molecule has 5 nitrogen and oxygen atoms in total. The fraction of sp³-hybridized carbons (Fsp3) is 0.833. The monoisotopic (exact) mass is 239 g/mol. The highest BCUT2D eigenvalue weighted by atomic mass is 16.5. The van der Waals surface area contributed by atoms with E-state index in [4.69, 9.17) is 4.74 Å². The van der Waals surface area contributed by atoms with Crippen LogP contribution < -0.4 is 0 Å². The first kappa shape index (κ1) is 12.5. The van der Waals surface area contributed by atoms with Crippen molar-refractivity contribution < 1.29 is 9.84 Å². The minimum absolute atomic E-state index is 0.309. The van der Waals surface area contributed by atoms with Crippen molar-refractivity contribution in [2.24, 2.45) is 7.05 Å². The maximum atomic E-state index is 10.8. The Hall–Kier alpha value is -0.940. The van der Waals surface area contributed by atoms with Crippen molar-refractivity contribution in [2.75, 3.05) is 0 Å². The number of ether oxygens (including phenoxy) is 1. The number of rotatable bonds is 2. The average Bonchev–Trinajstić information content (AvgIpc) is 2.53. The van der Waals surface area contributed by atoms with Crippen molar-refractivity contribution in [3.63, 3.8) is 0 Å². The van der Waals surface area contributed by atoms with Crippen LogP contribution in [0.15, 0.2) is 6.33 Å². The molecule has 1 atom stereocenters. The average molecular weight is 239 g/mol. The van der Waals surface area contributed by atoms with Crippen LogP contribution in [0, 0.1) is 0 Å². The van der Waals surface area contributed by atoms with E-state index in [1.165, 1.54) is 6.33 Å². The Morgan fingerprint density at radius 1 is 1.41 bits per heavy atom. The molecule has 2 rings (SSSR count). The molecular weight excluding hydrogens is 218 g/mol. The lowest BCUT2D eigenvalue weighted by Crippen LogP contribution is -2.48. The summed E-state index contributed by atoms with van der Waals surface area (Å²) in [6.45, 7) is 7.86. The second-order valence-corrected chi connectivity index (χ2v) is 6.06. The van der Waals surface area contributed by atoms with Crippen molar-refractivity contribution in [1.82, 2.24) is 14.8 Å². The molecule has 1 fully saturated rings. The summed E-state index contributed by atoms with van der Waals surface area (Å²) in [5, 5.41) is 14.9. The third kappa shape index (κ3) is 2.09. The third-order valence-electron chi connectivity index (χ3n) is 3.63. The van der Waals surface area contributed by atoms with E-state index in [0.29, 0.717) is 12.8 Å². The van der Waals surface area contributed by atoms with E-state index >= 15 is 0 Å². The van der Waals surface area contributed by atoms with Gasteiger partial charge in [0.15, 0.2) is 0 Å². The first-order valence-corrected chi connectivity index (χ1v) is 5.91. The van der Waals surface area contributed by atoms with Crippen LogP contribution in [0.25, 0.3) is 0 Å². The van der Waals surface area contributed by atoms with Gasteiger partial charge in [-0.2, -0.15) is 5.10 Å². The van der Waals surface area contributed by atoms with Crippen molar-refractivity contribution in [1.29, 1.82) is 0 Å². The summed E-state index contributed by atoms with van der Waals surface area (Å²) in [7, 11) is 1.83. The van der Waals surface area contributed by atoms with Gasteiger partial charge in [0.1, 0.15) is 17.8 Å². The third-order valence-corrected chi connectivity index (χ3v) is 3.63. The smallest absolute Gasteiger partial charge is 0.138 e. The first-order valence-electron chi connectivity index (χ1n) is 5.91. The highest BCUT2D eigenvalue weighted by molar-refractivity contribution is 5.10. The number of aliphatic hydroxyl groups is 1. The molecule has 0 bridgehead atoms. The molecule has 0 radical (unpaired) electrons. The van der Waals surface area contributed by atoms with Crippen LogP contribution in [0.1, 0.15) is 39.9 Å². The summed E-state index contributed by atoms with van der Waals surface area (Å²) in [5.41, 5.74) is -1.80. The minimum Gasteiger partial charge on any atom is -0.386 e. The Morgan fingerprint density at radius 2 is 2.06 bits per heavy atom. The maximum Gasteiger partial charge on any atom is 0.138 e. The van der Waals surface area contributed by atoms with Gasteiger partial charge in [-0.05, 0) is 27.7 Å². The van der Waals surface area contributed by atoms with E-state index in [1.54, 1.807) is 4.68 Å². The lowest BCUT2D eigenvalue weighted by molar-refractivity contribution is -0.126. The maximum absolute atomic E-state index is 10.8. The zero-order valence-electron chi connectivity index (χ0n) is 11.2. The molecule has 0 amide bonds. The Labute approximate surface area is 102 Å². The summed E-state index contributed by atoms with van der Waals surface area (Å²) < 4.78 is 7.63. The molecule has 2 heterocycles. The molecule has 0 spiro atoms. The van der Waals surface area contributed by atoms with Crippen LogP contribution in [-0.2, 0) is 18.2 Å². The van der Waals surface area contributed by atoms with Crippen molar-refractivity contribution in [2.45, 2.75) is 57.3 Å². The van der Waals surface area contributed by atoms with E-state index in [2.05, 4.69) is 10.1 Å². The summed E-state index contributed by atoms with van der Waals surface area (Å²) in [5.74, 6) is 0.780. The van der Waals surface area contributed by atoms with Gasteiger partial charge in [-0.25, -0.2) is 4.98 Å². The molecule has 96 valence electrons. The largest absolute Gasteiger partial charge is 0.386 e. The topological polar surface area (TPSA) is 60.2 Å². The number of aromatic nitrogens is 3. The molecular formula is C12H21N3O2. The number of hydrogen-bond donors (Lipinski definition) is 1. The summed E-state index contributed by atoms with van der Waals surface area (Å²) in [6.07, 6.45) is 2.56. The fourth-order valence-electron chi connectivity index (χ4n) is 2.76. The van der Waals surface area contributed by atoms with Gasteiger partial charge < -0.3 is 9.84 Å². The number of nitrogens with zero attached hydrogens (tertiary/aromatic N) is 3. The van der Waals surface area contributed by atoms with E-state index in [0.717, 1.165) is 5.82 Å². The molecule has 5 heteroatoms. The molecule has 1 aromatic heterocycles. The molecule has 0 aromatic carbocycles. The second kappa shape index (κ2) is 3.53. The van der Waals surface area contributed by atoms with Crippen molar-refractivity contribution in [3.05, 3.63) is 12.2 Å². The lowest BCUT2D eigenvalue weighted by atomic mass is 9.80. The normalized spacial score (nSPS) is 30.7.